The number of rotatable bonds is 8. The number of para-hydroxylation sites is 2. The molecule has 174 valence electrons. The van der Waals surface area contributed by atoms with E-state index < -0.39 is 23.5 Å². The Morgan fingerprint density at radius 3 is 2.61 bits per heavy atom. The normalized spacial score (nSPS) is 15.5. The number of ether oxygens (including phenoxy) is 1. The molecule has 0 N–H and O–H groups in total. The van der Waals surface area contributed by atoms with E-state index in [1.165, 1.54) is 4.80 Å². The number of Topliss-reactive ketones (excluding diaryl/α,β-unsaturated/α-hetero) is 1. The number of aromatic nitrogens is 4. The number of methoxy groups -OCH3 is 1. The third-order valence-corrected chi connectivity index (χ3v) is 5.84. The smallest absolute Gasteiger partial charge is 0.191 e. The first kappa shape index (κ1) is 22.8. The molecule has 0 radical (unpaired) electrons. The first-order valence-electron chi connectivity index (χ1n) is 10.8. The van der Waals surface area contributed by atoms with Gasteiger partial charge in [-0.3, -0.25) is 9.69 Å². The van der Waals surface area contributed by atoms with E-state index in [0.717, 1.165) is 56.3 Å². The summed E-state index contributed by atoms with van der Waals surface area (Å²) in [7, 11) is 1.68. The van der Waals surface area contributed by atoms with Crippen molar-refractivity contribution in [3.8, 4) is 5.75 Å². The van der Waals surface area contributed by atoms with E-state index in [0.29, 0.717) is 18.3 Å². The Hall–Kier alpha value is -3.40. The Morgan fingerprint density at radius 2 is 1.88 bits per heavy atom. The molecule has 1 aromatic heterocycles. The molecule has 0 aliphatic carbocycles. The molecule has 2 aromatic carbocycles. The van der Waals surface area contributed by atoms with Gasteiger partial charge in [0.05, 0.1) is 18.4 Å². The summed E-state index contributed by atoms with van der Waals surface area (Å²) >= 11 is 0. The summed E-state index contributed by atoms with van der Waals surface area (Å²) in [6, 6.07) is 10.0. The number of tetrazole rings is 1. The van der Waals surface area contributed by atoms with Gasteiger partial charge in [0, 0.05) is 45.2 Å². The molecule has 8 nitrogen and oxygen atoms in total. The number of piperazine rings is 1. The number of carbonyl (C=O) groups excluding carboxylic acids is 1. The van der Waals surface area contributed by atoms with Gasteiger partial charge in [0.15, 0.2) is 11.6 Å². The molecule has 3 aromatic rings. The molecular formula is C23H26F2N6O2. The Morgan fingerprint density at radius 1 is 1.12 bits per heavy atom. The molecule has 1 unspecified atom stereocenters. The highest BCUT2D eigenvalue weighted by Gasteiger charge is 2.24. The first-order chi connectivity index (χ1) is 16.0. The number of nitrogens with zero attached hydrogens (tertiary/aromatic N) is 6. The maximum atomic E-state index is 13.9. The molecule has 1 fully saturated rings. The average Bonchev–Trinajstić information content (AvgIpc) is 3.31. The molecule has 1 atom stereocenters. The van der Waals surface area contributed by atoms with Gasteiger partial charge < -0.3 is 9.64 Å². The molecule has 2 heterocycles. The molecule has 1 saturated heterocycles. The van der Waals surface area contributed by atoms with Crippen LogP contribution in [0.1, 0.15) is 29.1 Å². The summed E-state index contributed by atoms with van der Waals surface area (Å²) < 4.78 is 32.5. The SMILES string of the molecule is COc1ccccc1N1CCN(CCc2nnn(C(C)C(=O)c3ccc(F)cc3F)n2)CC1. The van der Waals surface area contributed by atoms with Crippen molar-refractivity contribution in [1.82, 2.24) is 25.1 Å². The van der Waals surface area contributed by atoms with Crippen molar-refractivity contribution in [3.05, 3.63) is 65.5 Å². The van der Waals surface area contributed by atoms with Crippen LogP contribution in [0.15, 0.2) is 42.5 Å². The van der Waals surface area contributed by atoms with Gasteiger partial charge in [0.2, 0.25) is 0 Å². The van der Waals surface area contributed by atoms with Crippen molar-refractivity contribution in [2.45, 2.75) is 19.4 Å². The standard InChI is InChI=1S/C23H26F2N6O2/c1-16(23(32)18-8-7-17(24)15-19(18)25)31-27-22(26-28-31)9-10-29-11-13-30(14-12-29)20-5-3-4-6-21(20)33-2/h3-8,15-16H,9-14H2,1-2H3. The quantitative estimate of drug-likeness (QED) is 0.483. The molecule has 10 heteroatoms. The zero-order valence-corrected chi connectivity index (χ0v) is 18.6. The number of hydrogen-bond donors (Lipinski definition) is 0. The van der Waals surface area contributed by atoms with Crippen LogP contribution in [-0.2, 0) is 6.42 Å². The molecule has 1 aliphatic heterocycles. The fraction of sp³-hybridized carbons (Fsp3) is 0.391. The van der Waals surface area contributed by atoms with E-state index in [9.17, 15) is 13.6 Å². The lowest BCUT2D eigenvalue weighted by Crippen LogP contribution is -2.47. The van der Waals surface area contributed by atoms with Gasteiger partial charge in [-0.1, -0.05) is 12.1 Å². The van der Waals surface area contributed by atoms with Gasteiger partial charge in [-0.25, -0.2) is 8.78 Å². The van der Waals surface area contributed by atoms with E-state index in [2.05, 4.69) is 31.3 Å². The third-order valence-electron chi connectivity index (χ3n) is 5.84. The van der Waals surface area contributed by atoms with E-state index >= 15 is 0 Å². The molecule has 0 spiro atoms. The van der Waals surface area contributed by atoms with Crippen molar-refractivity contribution in [2.24, 2.45) is 0 Å². The lowest BCUT2D eigenvalue weighted by atomic mass is 10.1. The number of ketones is 1. The predicted octanol–water partition coefficient (Wildman–Crippen LogP) is 2.77. The fourth-order valence-electron chi connectivity index (χ4n) is 3.90. The second-order valence-electron chi connectivity index (χ2n) is 7.94. The van der Waals surface area contributed by atoms with Crippen molar-refractivity contribution in [3.63, 3.8) is 0 Å². The van der Waals surface area contributed by atoms with Crippen molar-refractivity contribution < 1.29 is 18.3 Å². The van der Waals surface area contributed by atoms with Crippen LogP contribution in [0.5, 0.6) is 5.75 Å². The Balaban J connectivity index is 1.30. The monoisotopic (exact) mass is 456 g/mol. The van der Waals surface area contributed by atoms with E-state index in [-0.39, 0.29) is 5.56 Å². The second kappa shape index (κ2) is 10.0. The first-order valence-corrected chi connectivity index (χ1v) is 10.8. The molecule has 33 heavy (non-hydrogen) atoms. The van der Waals surface area contributed by atoms with Crippen LogP contribution in [0.25, 0.3) is 0 Å². The van der Waals surface area contributed by atoms with Crippen molar-refractivity contribution in [2.75, 3.05) is 44.7 Å². The van der Waals surface area contributed by atoms with Crippen LogP contribution in [0.2, 0.25) is 0 Å². The summed E-state index contributed by atoms with van der Waals surface area (Å²) in [5.41, 5.74) is 0.899. The fourth-order valence-corrected chi connectivity index (χ4v) is 3.90. The molecule has 0 amide bonds. The number of anilines is 1. The van der Waals surface area contributed by atoms with Crippen LogP contribution in [0, 0.1) is 11.6 Å². The number of benzene rings is 2. The summed E-state index contributed by atoms with van der Waals surface area (Å²) in [5, 5.41) is 12.3. The molecule has 0 saturated carbocycles. The van der Waals surface area contributed by atoms with E-state index in [1.807, 2.05) is 18.2 Å². The van der Waals surface area contributed by atoms with Gasteiger partial charge in [0.1, 0.15) is 23.4 Å². The van der Waals surface area contributed by atoms with Crippen molar-refractivity contribution >= 4 is 11.5 Å². The highest BCUT2D eigenvalue weighted by molar-refractivity contribution is 5.98. The number of halogens is 2. The third kappa shape index (κ3) is 5.16. The van der Waals surface area contributed by atoms with Gasteiger partial charge >= 0.3 is 0 Å². The van der Waals surface area contributed by atoms with Gasteiger partial charge in [-0.2, -0.15) is 4.80 Å². The zero-order valence-electron chi connectivity index (χ0n) is 18.6. The summed E-state index contributed by atoms with van der Waals surface area (Å²) in [6.07, 6.45) is 0.584. The minimum absolute atomic E-state index is 0.198. The Bertz CT molecular complexity index is 1110. The Labute approximate surface area is 190 Å². The molecule has 1 aliphatic rings. The van der Waals surface area contributed by atoms with Crippen molar-refractivity contribution in [1.29, 1.82) is 0 Å². The minimum atomic E-state index is -0.903. The molecule has 4 rings (SSSR count). The van der Waals surface area contributed by atoms with Crippen LogP contribution >= 0.6 is 0 Å². The largest absolute Gasteiger partial charge is 0.495 e. The highest BCUT2D eigenvalue weighted by Crippen LogP contribution is 2.28. The van der Waals surface area contributed by atoms with Crippen LogP contribution in [0.4, 0.5) is 14.5 Å². The maximum absolute atomic E-state index is 13.9. The Kier molecular flexibility index (Phi) is 6.93. The summed E-state index contributed by atoms with van der Waals surface area (Å²) in [6.45, 7) is 5.88. The van der Waals surface area contributed by atoms with Crippen LogP contribution in [-0.4, -0.2) is 70.7 Å². The number of carbonyl (C=O) groups is 1. The summed E-state index contributed by atoms with van der Waals surface area (Å²) in [5.74, 6) is -0.790. The van der Waals surface area contributed by atoms with E-state index in [4.69, 9.17) is 4.74 Å². The lowest BCUT2D eigenvalue weighted by Gasteiger charge is -2.36. The molecule has 0 bridgehead atoms. The zero-order chi connectivity index (χ0) is 23.4. The van der Waals surface area contributed by atoms with Crippen LogP contribution in [0.3, 0.4) is 0 Å². The second-order valence-corrected chi connectivity index (χ2v) is 7.94. The minimum Gasteiger partial charge on any atom is -0.495 e. The van der Waals surface area contributed by atoms with E-state index in [1.54, 1.807) is 14.0 Å². The van der Waals surface area contributed by atoms with Crippen LogP contribution < -0.4 is 9.64 Å². The summed E-state index contributed by atoms with van der Waals surface area (Å²) in [4.78, 5) is 18.4. The predicted molar refractivity (Wildman–Crippen MR) is 119 cm³/mol. The lowest BCUT2D eigenvalue weighted by molar-refractivity contribution is 0.0913. The maximum Gasteiger partial charge on any atom is 0.191 e. The van der Waals surface area contributed by atoms with Gasteiger partial charge in [-0.15, -0.1) is 10.2 Å². The van der Waals surface area contributed by atoms with Gasteiger partial charge in [0.25, 0.3) is 0 Å². The van der Waals surface area contributed by atoms with Gasteiger partial charge in [-0.05, 0) is 36.4 Å². The average molecular weight is 456 g/mol. The number of hydrogen-bond acceptors (Lipinski definition) is 7. The topological polar surface area (TPSA) is 76.4 Å². The molecular weight excluding hydrogens is 430 g/mol. The highest BCUT2D eigenvalue weighted by atomic mass is 19.1.